The second kappa shape index (κ2) is 7.90. The van der Waals surface area contributed by atoms with Gasteiger partial charge < -0.3 is 5.32 Å². The molecule has 0 heterocycles. The topological polar surface area (TPSA) is 66.5 Å². The second-order valence-corrected chi connectivity index (χ2v) is 9.25. The molecule has 2 aromatic rings. The fourth-order valence-corrected chi connectivity index (χ4v) is 4.69. The SMILES string of the molecule is Cc1cc(Cl)ccc1N(CC(=O)N[C@@H]1CCCc2ccccc21)S(C)(=O)=O. The fraction of sp³-hybridized carbons (Fsp3) is 0.350. The van der Waals surface area contributed by atoms with Gasteiger partial charge in [-0.3, -0.25) is 9.10 Å². The Kier molecular flexibility index (Phi) is 5.77. The van der Waals surface area contributed by atoms with Gasteiger partial charge in [0.1, 0.15) is 6.54 Å². The summed E-state index contributed by atoms with van der Waals surface area (Å²) >= 11 is 5.97. The Morgan fingerprint density at radius 3 is 2.70 bits per heavy atom. The molecule has 1 N–H and O–H groups in total. The van der Waals surface area contributed by atoms with Crippen molar-refractivity contribution in [2.24, 2.45) is 0 Å². The van der Waals surface area contributed by atoms with Gasteiger partial charge in [0.15, 0.2) is 0 Å². The number of amides is 1. The van der Waals surface area contributed by atoms with Gasteiger partial charge in [0.25, 0.3) is 0 Å². The number of nitrogens with zero attached hydrogens (tertiary/aromatic N) is 1. The molecule has 0 aromatic heterocycles. The van der Waals surface area contributed by atoms with E-state index in [-0.39, 0.29) is 18.5 Å². The summed E-state index contributed by atoms with van der Waals surface area (Å²) in [6.07, 6.45) is 3.95. The molecule has 0 unspecified atom stereocenters. The average molecular weight is 407 g/mol. The number of aryl methyl sites for hydroxylation is 2. The molecule has 5 nitrogen and oxygen atoms in total. The van der Waals surface area contributed by atoms with Gasteiger partial charge in [0, 0.05) is 5.02 Å². The molecule has 144 valence electrons. The summed E-state index contributed by atoms with van der Waals surface area (Å²) in [5.74, 6) is -0.323. The zero-order valence-electron chi connectivity index (χ0n) is 15.4. The molecule has 7 heteroatoms. The minimum absolute atomic E-state index is 0.0878. The molecule has 1 amide bonds. The van der Waals surface area contributed by atoms with Crippen LogP contribution >= 0.6 is 11.6 Å². The molecular formula is C20H23ClN2O3S. The first-order valence-electron chi connectivity index (χ1n) is 8.87. The summed E-state index contributed by atoms with van der Waals surface area (Å²) in [5.41, 5.74) is 3.51. The molecule has 0 bridgehead atoms. The first-order valence-corrected chi connectivity index (χ1v) is 11.1. The van der Waals surface area contributed by atoms with Crippen LogP contribution in [0.3, 0.4) is 0 Å². The van der Waals surface area contributed by atoms with Crippen molar-refractivity contribution in [2.45, 2.75) is 32.2 Å². The first kappa shape index (κ1) is 19.7. The van der Waals surface area contributed by atoms with Gasteiger partial charge >= 0.3 is 0 Å². The van der Waals surface area contributed by atoms with Gasteiger partial charge in [-0.25, -0.2) is 8.42 Å². The molecule has 2 aromatic carbocycles. The maximum Gasteiger partial charge on any atom is 0.241 e. The Labute approximate surface area is 165 Å². The third kappa shape index (κ3) is 4.62. The van der Waals surface area contributed by atoms with E-state index < -0.39 is 10.0 Å². The van der Waals surface area contributed by atoms with Crippen molar-refractivity contribution in [1.82, 2.24) is 5.32 Å². The van der Waals surface area contributed by atoms with Crippen molar-refractivity contribution >= 4 is 33.2 Å². The van der Waals surface area contributed by atoms with Crippen LogP contribution in [0.5, 0.6) is 0 Å². The lowest BCUT2D eigenvalue weighted by atomic mass is 9.88. The zero-order valence-corrected chi connectivity index (χ0v) is 17.0. The monoisotopic (exact) mass is 406 g/mol. The summed E-state index contributed by atoms with van der Waals surface area (Å²) in [4.78, 5) is 12.7. The molecular weight excluding hydrogens is 384 g/mol. The average Bonchev–Trinajstić information content (AvgIpc) is 2.60. The number of benzene rings is 2. The third-order valence-electron chi connectivity index (χ3n) is 4.82. The Morgan fingerprint density at radius 2 is 2.00 bits per heavy atom. The quantitative estimate of drug-likeness (QED) is 0.824. The minimum atomic E-state index is -3.62. The van der Waals surface area contributed by atoms with E-state index >= 15 is 0 Å². The molecule has 1 aliphatic rings. The Hall–Kier alpha value is -2.05. The van der Waals surface area contributed by atoms with E-state index in [1.807, 2.05) is 18.2 Å². The summed E-state index contributed by atoms with van der Waals surface area (Å²) in [7, 11) is -3.62. The van der Waals surface area contributed by atoms with E-state index in [2.05, 4.69) is 11.4 Å². The Bertz CT molecular complexity index is 959. The van der Waals surface area contributed by atoms with Crippen molar-refractivity contribution < 1.29 is 13.2 Å². The van der Waals surface area contributed by atoms with Crippen molar-refractivity contribution in [2.75, 3.05) is 17.1 Å². The molecule has 0 saturated heterocycles. The predicted octanol–water partition coefficient (Wildman–Crippen LogP) is 3.61. The number of fused-ring (bicyclic) bond motifs is 1. The Morgan fingerprint density at radius 1 is 1.26 bits per heavy atom. The van der Waals surface area contributed by atoms with Crippen molar-refractivity contribution in [3.63, 3.8) is 0 Å². The highest BCUT2D eigenvalue weighted by Crippen LogP contribution is 2.30. The highest BCUT2D eigenvalue weighted by Gasteiger charge is 2.26. The Balaban J connectivity index is 1.80. The number of nitrogens with one attached hydrogen (secondary N) is 1. The lowest BCUT2D eigenvalue weighted by molar-refractivity contribution is -0.120. The lowest BCUT2D eigenvalue weighted by Gasteiger charge is -2.28. The molecule has 0 radical (unpaired) electrons. The van der Waals surface area contributed by atoms with Crippen molar-refractivity contribution in [1.29, 1.82) is 0 Å². The number of halogens is 1. The van der Waals surface area contributed by atoms with E-state index in [9.17, 15) is 13.2 Å². The molecule has 27 heavy (non-hydrogen) atoms. The highest BCUT2D eigenvalue weighted by molar-refractivity contribution is 7.92. The summed E-state index contributed by atoms with van der Waals surface area (Å²) < 4.78 is 25.7. The molecule has 0 fully saturated rings. The summed E-state index contributed by atoms with van der Waals surface area (Å²) in [5, 5.41) is 3.53. The largest absolute Gasteiger partial charge is 0.348 e. The van der Waals surface area contributed by atoms with Gasteiger partial charge in [-0.15, -0.1) is 0 Å². The standard InChI is InChI=1S/C20H23ClN2O3S/c1-14-12-16(21)10-11-19(14)23(27(2,25)26)13-20(24)22-18-9-5-7-15-6-3-4-8-17(15)18/h3-4,6,8,10-12,18H,5,7,9,13H2,1-2H3,(H,22,24)/t18-/m1/s1. The van der Waals surface area contributed by atoms with Crippen molar-refractivity contribution in [3.05, 3.63) is 64.2 Å². The molecule has 0 saturated carbocycles. The van der Waals surface area contributed by atoms with Crippen LogP contribution in [0.2, 0.25) is 5.02 Å². The van der Waals surface area contributed by atoms with Crippen LogP contribution in [-0.4, -0.2) is 27.1 Å². The van der Waals surface area contributed by atoms with E-state index in [1.54, 1.807) is 25.1 Å². The third-order valence-corrected chi connectivity index (χ3v) is 6.18. The number of sulfonamides is 1. The second-order valence-electron chi connectivity index (χ2n) is 6.91. The van der Waals surface area contributed by atoms with Crippen LogP contribution < -0.4 is 9.62 Å². The number of hydrogen-bond donors (Lipinski definition) is 1. The van der Waals surface area contributed by atoms with Crippen LogP contribution in [0.15, 0.2) is 42.5 Å². The maximum absolute atomic E-state index is 12.7. The van der Waals surface area contributed by atoms with Gasteiger partial charge in [-0.1, -0.05) is 35.9 Å². The van der Waals surface area contributed by atoms with E-state index in [0.717, 1.165) is 35.4 Å². The van der Waals surface area contributed by atoms with Gasteiger partial charge in [-0.05, 0) is 61.1 Å². The van der Waals surface area contributed by atoms with E-state index in [1.165, 1.54) is 5.56 Å². The predicted molar refractivity (Wildman–Crippen MR) is 109 cm³/mol. The zero-order chi connectivity index (χ0) is 19.6. The van der Waals surface area contributed by atoms with Gasteiger partial charge in [0.2, 0.25) is 15.9 Å². The highest BCUT2D eigenvalue weighted by atomic mass is 35.5. The van der Waals surface area contributed by atoms with Crippen LogP contribution in [0, 0.1) is 6.92 Å². The molecule has 3 rings (SSSR count). The summed E-state index contributed by atoms with van der Waals surface area (Å²) in [6, 6.07) is 12.9. The molecule has 1 aliphatic carbocycles. The van der Waals surface area contributed by atoms with Gasteiger partial charge in [0.05, 0.1) is 18.0 Å². The molecule has 1 atom stereocenters. The minimum Gasteiger partial charge on any atom is -0.348 e. The number of anilines is 1. The fourth-order valence-electron chi connectivity index (χ4n) is 3.55. The normalized spacial score (nSPS) is 16.5. The number of carbonyl (C=O) groups is 1. The lowest BCUT2D eigenvalue weighted by Crippen LogP contribution is -2.42. The summed E-state index contributed by atoms with van der Waals surface area (Å²) in [6.45, 7) is 1.51. The van der Waals surface area contributed by atoms with Crippen molar-refractivity contribution in [3.8, 4) is 0 Å². The molecule has 0 spiro atoms. The molecule has 0 aliphatic heterocycles. The van der Waals surface area contributed by atoms with Crippen LogP contribution in [-0.2, 0) is 21.2 Å². The number of hydrogen-bond acceptors (Lipinski definition) is 3. The number of carbonyl (C=O) groups excluding carboxylic acids is 1. The maximum atomic E-state index is 12.7. The van der Waals surface area contributed by atoms with Crippen LogP contribution in [0.4, 0.5) is 5.69 Å². The van der Waals surface area contributed by atoms with Crippen LogP contribution in [0.25, 0.3) is 0 Å². The van der Waals surface area contributed by atoms with E-state index in [4.69, 9.17) is 11.6 Å². The smallest absolute Gasteiger partial charge is 0.241 e. The van der Waals surface area contributed by atoms with Gasteiger partial charge in [-0.2, -0.15) is 0 Å². The first-order chi connectivity index (χ1) is 12.8. The van der Waals surface area contributed by atoms with E-state index in [0.29, 0.717) is 16.3 Å². The number of rotatable bonds is 5. The van der Waals surface area contributed by atoms with Crippen LogP contribution in [0.1, 0.15) is 35.6 Å².